The van der Waals surface area contributed by atoms with Crippen molar-refractivity contribution >= 4 is 16.9 Å². The normalized spacial score (nSPS) is 21.3. The van der Waals surface area contributed by atoms with Crippen LogP contribution in [0.3, 0.4) is 0 Å². The van der Waals surface area contributed by atoms with Gasteiger partial charge in [-0.15, -0.1) is 5.10 Å². The highest BCUT2D eigenvalue weighted by Gasteiger charge is 2.30. The average Bonchev–Trinajstić information content (AvgIpc) is 3.21. The lowest BCUT2D eigenvalue weighted by Crippen LogP contribution is -2.35. The summed E-state index contributed by atoms with van der Waals surface area (Å²) in [5, 5.41) is 22.3. The molecule has 35 heavy (non-hydrogen) atoms. The minimum Gasteiger partial charge on any atom is -0.484 e. The summed E-state index contributed by atoms with van der Waals surface area (Å²) in [6, 6.07) is 5.40. The van der Waals surface area contributed by atoms with E-state index in [1.165, 1.54) is 0 Å². The highest BCUT2D eigenvalue weighted by Crippen LogP contribution is 2.37. The molecule has 1 aliphatic rings. The van der Waals surface area contributed by atoms with Crippen molar-refractivity contribution in [3.63, 3.8) is 0 Å². The maximum atomic E-state index is 12.7. The molecule has 190 valence electrons. The van der Waals surface area contributed by atoms with E-state index >= 15 is 0 Å². The number of hydrogen-bond acceptors (Lipinski definition) is 7. The molecule has 0 atom stereocenters. The van der Waals surface area contributed by atoms with Crippen molar-refractivity contribution in [2.24, 2.45) is 0 Å². The molecule has 10 heteroatoms. The molecule has 3 aromatic rings. The van der Waals surface area contributed by atoms with Crippen LogP contribution in [0.5, 0.6) is 5.75 Å². The highest BCUT2D eigenvalue weighted by molar-refractivity contribution is 5.89. The van der Waals surface area contributed by atoms with Gasteiger partial charge in [-0.05, 0) is 74.3 Å². The average molecular weight is 493 g/mol. The maximum absolute atomic E-state index is 12.7. The van der Waals surface area contributed by atoms with Crippen LogP contribution in [0.2, 0.25) is 0 Å². The quantitative estimate of drug-likeness (QED) is 0.455. The van der Waals surface area contributed by atoms with Gasteiger partial charge in [0.2, 0.25) is 0 Å². The summed E-state index contributed by atoms with van der Waals surface area (Å²) in [6.45, 7) is 8.25. The van der Waals surface area contributed by atoms with Gasteiger partial charge in [-0.1, -0.05) is 25.9 Å². The van der Waals surface area contributed by atoms with E-state index in [0.29, 0.717) is 29.4 Å². The number of anilines is 1. The number of benzene rings is 1. The van der Waals surface area contributed by atoms with Crippen molar-refractivity contribution < 1.29 is 27.4 Å². The third-order valence-electron chi connectivity index (χ3n) is 6.34. The number of rotatable bonds is 5. The van der Waals surface area contributed by atoms with E-state index < -0.39 is 23.8 Å². The lowest BCUT2D eigenvalue weighted by Gasteiger charge is -2.32. The summed E-state index contributed by atoms with van der Waals surface area (Å²) >= 11 is 0. The molecule has 0 spiro atoms. The maximum Gasteiger partial charge on any atom is 0.422 e. The van der Waals surface area contributed by atoms with Crippen LogP contribution in [0.4, 0.5) is 19.2 Å². The molecule has 1 aliphatic carbocycles. The van der Waals surface area contributed by atoms with E-state index in [1.807, 2.05) is 34.6 Å². The number of ether oxygens (including phenoxy) is 1. The van der Waals surface area contributed by atoms with E-state index in [9.17, 15) is 18.3 Å². The fourth-order valence-electron chi connectivity index (χ4n) is 4.34. The fourth-order valence-corrected chi connectivity index (χ4v) is 4.34. The van der Waals surface area contributed by atoms with Crippen molar-refractivity contribution in [2.75, 3.05) is 11.9 Å². The summed E-state index contributed by atoms with van der Waals surface area (Å²) in [7, 11) is 0. The van der Waals surface area contributed by atoms with Crippen LogP contribution in [0, 0.1) is 6.92 Å². The van der Waals surface area contributed by atoms with Crippen molar-refractivity contribution in [1.82, 2.24) is 15.2 Å². The summed E-state index contributed by atoms with van der Waals surface area (Å²) < 4.78 is 49.1. The van der Waals surface area contributed by atoms with Gasteiger partial charge < -0.3 is 19.6 Å². The Bertz CT molecular complexity index is 1210. The number of nitrogens with zero attached hydrogens (tertiary/aromatic N) is 3. The standard InChI is InChI=1S/C25H31F3N4O3/c1-14-10-19(21-31-32-22(35-21)29-15-6-8-24(5,33)9-7-15)30-20-17(14)11-16(34-13-25(26,27)28)12-18(20)23(2,3)4/h10-12,15,33H,6-9,13H2,1-5H3,(H,29,32)/t15-,24+. The molecule has 1 saturated carbocycles. The van der Waals surface area contributed by atoms with Crippen LogP contribution in [-0.2, 0) is 5.41 Å². The zero-order valence-corrected chi connectivity index (χ0v) is 20.6. The van der Waals surface area contributed by atoms with E-state index in [0.717, 1.165) is 24.0 Å². The van der Waals surface area contributed by atoms with Gasteiger partial charge in [0.1, 0.15) is 11.4 Å². The molecule has 2 heterocycles. The predicted octanol–water partition coefficient (Wildman–Crippen LogP) is 5.94. The molecule has 0 aliphatic heterocycles. The van der Waals surface area contributed by atoms with E-state index in [-0.39, 0.29) is 23.7 Å². The first-order chi connectivity index (χ1) is 16.2. The smallest absolute Gasteiger partial charge is 0.422 e. The van der Waals surface area contributed by atoms with Gasteiger partial charge in [-0.25, -0.2) is 4.98 Å². The summed E-state index contributed by atoms with van der Waals surface area (Å²) in [5.74, 6) is 0.394. The minimum atomic E-state index is -4.42. The fraction of sp³-hybridized carbons (Fsp3) is 0.560. The van der Waals surface area contributed by atoms with Crippen LogP contribution in [0.15, 0.2) is 22.6 Å². The van der Waals surface area contributed by atoms with Gasteiger partial charge in [0.15, 0.2) is 6.61 Å². The number of aromatic nitrogens is 3. The first-order valence-corrected chi connectivity index (χ1v) is 11.7. The Labute approximate surface area is 202 Å². The number of fused-ring (bicyclic) bond motifs is 1. The van der Waals surface area contributed by atoms with Crippen LogP contribution < -0.4 is 10.1 Å². The lowest BCUT2D eigenvalue weighted by molar-refractivity contribution is -0.153. The zero-order chi connectivity index (χ0) is 25.6. The second kappa shape index (κ2) is 8.96. The molecule has 4 rings (SSSR count). The molecule has 1 fully saturated rings. The summed E-state index contributed by atoms with van der Waals surface area (Å²) in [5.41, 5.74) is 1.65. The molecule has 7 nitrogen and oxygen atoms in total. The summed E-state index contributed by atoms with van der Waals surface area (Å²) in [6.07, 6.45) is -1.44. The molecule has 0 amide bonds. The molecule has 0 radical (unpaired) electrons. The van der Waals surface area contributed by atoms with Gasteiger partial charge in [0.25, 0.3) is 5.89 Å². The van der Waals surface area contributed by atoms with Crippen molar-refractivity contribution in [2.45, 2.75) is 83.5 Å². The predicted molar refractivity (Wildman–Crippen MR) is 127 cm³/mol. The largest absolute Gasteiger partial charge is 0.484 e. The van der Waals surface area contributed by atoms with Crippen molar-refractivity contribution in [1.29, 1.82) is 0 Å². The lowest BCUT2D eigenvalue weighted by atomic mass is 9.84. The second-order valence-electron chi connectivity index (χ2n) is 10.7. The van der Waals surface area contributed by atoms with Crippen LogP contribution in [-0.4, -0.2) is 44.7 Å². The molecule has 1 aromatic carbocycles. The van der Waals surface area contributed by atoms with Crippen molar-refractivity contribution in [3.8, 4) is 17.3 Å². The van der Waals surface area contributed by atoms with E-state index in [4.69, 9.17) is 14.1 Å². The number of alkyl halides is 3. The van der Waals surface area contributed by atoms with Crippen LogP contribution in [0.25, 0.3) is 22.5 Å². The number of aryl methyl sites for hydroxylation is 1. The van der Waals surface area contributed by atoms with Crippen molar-refractivity contribution in [3.05, 3.63) is 29.3 Å². The SMILES string of the molecule is Cc1cc(-c2nnc(N[C@H]3CC[C@@](C)(O)CC3)o2)nc2c(C(C)(C)C)cc(OCC(F)(F)F)cc12. The number of nitrogens with one attached hydrogen (secondary N) is 1. The van der Waals surface area contributed by atoms with Gasteiger partial charge in [0.05, 0.1) is 11.1 Å². The molecule has 0 bridgehead atoms. The topological polar surface area (TPSA) is 93.3 Å². The number of aliphatic hydroxyl groups is 1. The third-order valence-corrected chi connectivity index (χ3v) is 6.34. The Kier molecular flexibility index (Phi) is 6.46. The Morgan fingerprint density at radius 1 is 1.14 bits per heavy atom. The molecular weight excluding hydrogens is 461 g/mol. The van der Waals surface area contributed by atoms with Gasteiger partial charge in [-0.2, -0.15) is 13.2 Å². The first-order valence-electron chi connectivity index (χ1n) is 11.7. The van der Waals surface area contributed by atoms with Gasteiger partial charge in [-0.3, -0.25) is 0 Å². The summed E-state index contributed by atoms with van der Waals surface area (Å²) in [4.78, 5) is 4.77. The van der Waals surface area contributed by atoms with E-state index in [2.05, 4.69) is 15.5 Å². The van der Waals surface area contributed by atoms with Crippen LogP contribution >= 0.6 is 0 Å². The molecule has 2 aromatic heterocycles. The molecule has 0 saturated heterocycles. The Morgan fingerprint density at radius 3 is 2.46 bits per heavy atom. The molecular formula is C25H31F3N4O3. The minimum absolute atomic E-state index is 0.137. The number of halogens is 3. The Balaban J connectivity index is 1.65. The van der Waals surface area contributed by atoms with Gasteiger partial charge in [0, 0.05) is 11.4 Å². The highest BCUT2D eigenvalue weighted by atomic mass is 19.4. The monoisotopic (exact) mass is 492 g/mol. The Morgan fingerprint density at radius 2 is 1.83 bits per heavy atom. The molecule has 2 N–H and O–H groups in total. The van der Waals surface area contributed by atoms with Crippen LogP contribution in [0.1, 0.15) is 64.5 Å². The number of hydrogen-bond donors (Lipinski definition) is 2. The second-order valence-corrected chi connectivity index (χ2v) is 10.7. The van der Waals surface area contributed by atoms with Gasteiger partial charge >= 0.3 is 12.2 Å². The van der Waals surface area contributed by atoms with E-state index in [1.54, 1.807) is 18.2 Å². The first kappa shape index (κ1) is 25.2. The number of pyridine rings is 1. The third kappa shape index (κ3) is 6.04. The zero-order valence-electron chi connectivity index (χ0n) is 20.6. The Hall–Kier alpha value is -2.88. The molecule has 0 unspecified atom stereocenters.